The number of rotatable bonds is 8. The fraction of sp³-hybridized carbons (Fsp3) is 0.458. The smallest absolute Gasteiger partial charge is 0.186 e. The van der Waals surface area contributed by atoms with Gasteiger partial charge in [-0.25, -0.2) is 4.39 Å². The van der Waals surface area contributed by atoms with Gasteiger partial charge in [0.15, 0.2) is 10.9 Å². The van der Waals surface area contributed by atoms with Crippen molar-refractivity contribution in [2.24, 2.45) is 5.92 Å². The van der Waals surface area contributed by atoms with Gasteiger partial charge in [-0.15, -0.1) is 0 Å². The van der Waals surface area contributed by atoms with E-state index in [2.05, 4.69) is 5.10 Å². The Morgan fingerprint density at radius 1 is 1.28 bits per heavy atom. The molecule has 0 bridgehead atoms. The number of piperidine rings is 1. The molecule has 2 atom stereocenters. The Morgan fingerprint density at radius 3 is 2.75 bits per heavy atom. The maximum atomic E-state index is 14.7. The molecular formula is C24H28FN3O3S. The van der Waals surface area contributed by atoms with Crippen LogP contribution < -0.4 is 0 Å². The van der Waals surface area contributed by atoms with Crippen LogP contribution in [0.25, 0.3) is 6.08 Å². The lowest BCUT2D eigenvalue weighted by Crippen LogP contribution is -2.43. The fourth-order valence-electron chi connectivity index (χ4n) is 4.27. The number of aromatic nitrogens is 2. The quantitative estimate of drug-likeness (QED) is 0.654. The number of aliphatic hydroxyl groups excluding tert-OH is 1. The van der Waals surface area contributed by atoms with Gasteiger partial charge in [-0.3, -0.25) is 19.2 Å². The molecule has 2 aliphatic rings. The van der Waals surface area contributed by atoms with Gasteiger partial charge in [0, 0.05) is 42.9 Å². The molecule has 1 saturated heterocycles. The van der Waals surface area contributed by atoms with Gasteiger partial charge in [0.2, 0.25) is 0 Å². The molecule has 2 aromatic rings. The van der Waals surface area contributed by atoms with E-state index in [4.69, 9.17) is 5.11 Å². The molecule has 0 amide bonds. The molecule has 1 aromatic heterocycles. The third-order valence-corrected chi connectivity index (χ3v) is 7.08. The molecule has 8 heteroatoms. The highest BCUT2D eigenvalue weighted by Gasteiger charge is 2.41. The Hall–Kier alpha value is -2.29. The zero-order valence-corrected chi connectivity index (χ0v) is 18.9. The van der Waals surface area contributed by atoms with Crippen molar-refractivity contribution in [2.45, 2.75) is 44.0 Å². The van der Waals surface area contributed by atoms with E-state index in [0.717, 1.165) is 24.1 Å². The average Bonchev–Trinajstić information content (AvgIpc) is 3.52. The van der Waals surface area contributed by atoms with E-state index in [9.17, 15) is 14.0 Å². The molecule has 1 aliphatic carbocycles. The topological polar surface area (TPSA) is 75.4 Å². The summed E-state index contributed by atoms with van der Waals surface area (Å²) in [6.07, 6.45) is 6.18. The molecule has 0 radical (unpaired) electrons. The highest BCUT2D eigenvalue weighted by atomic mass is 32.2. The number of nitrogens with zero attached hydrogens (tertiary/aromatic N) is 3. The van der Waals surface area contributed by atoms with E-state index < -0.39 is 6.04 Å². The Labute approximate surface area is 191 Å². The van der Waals surface area contributed by atoms with Gasteiger partial charge in [0.25, 0.3) is 0 Å². The number of aliphatic hydroxyl groups is 1. The van der Waals surface area contributed by atoms with Crippen LogP contribution in [0.1, 0.15) is 43.5 Å². The first-order valence-corrected chi connectivity index (χ1v) is 11.9. The molecule has 2 fully saturated rings. The molecule has 32 heavy (non-hydrogen) atoms. The van der Waals surface area contributed by atoms with E-state index in [0.29, 0.717) is 31.6 Å². The van der Waals surface area contributed by atoms with E-state index in [1.807, 2.05) is 17.0 Å². The Balaban J connectivity index is 1.65. The van der Waals surface area contributed by atoms with E-state index in [1.54, 1.807) is 36.0 Å². The third-order valence-electron chi connectivity index (χ3n) is 5.92. The number of thioether (sulfide) groups is 1. The average molecular weight is 458 g/mol. The van der Waals surface area contributed by atoms with Crippen LogP contribution in [-0.4, -0.2) is 55.6 Å². The molecule has 1 N–H and O–H groups in total. The number of halogens is 1. The predicted molar refractivity (Wildman–Crippen MR) is 122 cm³/mol. The molecule has 2 unspecified atom stereocenters. The lowest BCUT2D eigenvalue weighted by Gasteiger charge is -2.38. The van der Waals surface area contributed by atoms with E-state index in [-0.39, 0.29) is 34.5 Å². The first kappa shape index (κ1) is 22.9. The van der Waals surface area contributed by atoms with Gasteiger partial charge < -0.3 is 5.11 Å². The first-order chi connectivity index (χ1) is 15.5. The molecule has 1 aliphatic heterocycles. The molecule has 170 valence electrons. The predicted octanol–water partition coefficient (Wildman–Crippen LogP) is 3.47. The van der Waals surface area contributed by atoms with Crippen LogP contribution in [0.5, 0.6) is 0 Å². The van der Waals surface area contributed by atoms with Crippen LogP contribution in [0.3, 0.4) is 0 Å². The highest BCUT2D eigenvalue weighted by Crippen LogP contribution is 2.40. The molecule has 2 heterocycles. The molecule has 0 spiro atoms. The minimum Gasteiger partial charge on any atom is -0.394 e. The third kappa shape index (κ3) is 5.36. The van der Waals surface area contributed by atoms with Crippen molar-refractivity contribution in [3.8, 4) is 0 Å². The van der Waals surface area contributed by atoms with Gasteiger partial charge in [-0.05, 0) is 43.0 Å². The second-order valence-electron chi connectivity index (χ2n) is 8.40. The molecular weight excluding hydrogens is 429 g/mol. The number of likely N-dealkylation sites (tertiary alicyclic amines) is 1. The number of hydrogen-bond acceptors (Lipinski definition) is 6. The zero-order chi connectivity index (χ0) is 22.7. The summed E-state index contributed by atoms with van der Waals surface area (Å²) < 4.78 is 16.4. The van der Waals surface area contributed by atoms with Crippen LogP contribution in [0.2, 0.25) is 0 Å². The van der Waals surface area contributed by atoms with Gasteiger partial charge in [-0.1, -0.05) is 30.0 Å². The normalized spacial score (nSPS) is 21.6. The van der Waals surface area contributed by atoms with Crippen LogP contribution >= 0.6 is 11.8 Å². The zero-order valence-electron chi connectivity index (χ0n) is 18.1. The molecule has 6 nitrogen and oxygen atoms in total. The molecule has 1 saturated carbocycles. The minimum atomic E-state index is -0.623. The van der Waals surface area contributed by atoms with E-state index >= 15 is 0 Å². The molecule has 4 rings (SSSR count). The summed E-state index contributed by atoms with van der Waals surface area (Å²) in [6.45, 7) is 3.05. The van der Waals surface area contributed by atoms with Gasteiger partial charge in [-0.2, -0.15) is 5.10 Å². The summed E-state index contributed by atoms with van der Waals surface area (Å²) in [6, 6.07) is 7.76. The van der Waals surface area contributed by atoms with Gasteiger partial charge in [0.1, 0.15) is 5.82 Å². The van der Waals surface area contributed by atoms with Crippen molar-refractivity contribution in [1.29, 1.82) is 0 Å². The second-order valence-corrected chi connectivity index (χ2v) is 9.78. The number of hydrogen-bond donors (Lipinski definition) is 1. The van der Waals surface area contributed by atoms with Crippen LogP contribution in [0.15, 0.2) is 42.1 Å². The Bertz CT molecular complexity index is 1020. The van der Waals surface area contributed by atoms with E-state index in [1.165, 1.54) is 17.8 Å². The maximum Gasteiger partial charge on any atom is 0.186 e. The second kappa shape index (κ2) is 10.1. The number of Topliss-reactive ketones (excluding diaryl/α,β-unsaturated/α-hetero) is 1. The minimum absolute atomic E-state index is 0.00187. The standard InChI is InChI=1S/C24H28FN3O3S/c1-16(30)32-22-9-10-27(15-18(22)14-19-8-11-28(26-19)12-13-29)23(24(31)17-6-7-17)20-4-2-3-5-21(20)25/h2-5,8,11,14,17,22-23,29H,6-7,9-10,12-13,15H2,1H3/b18-14-. The molecule has 1 aromatic carbocycles. The van der Waals surface area contributed by atoms with Crippen molar-refractivity contribution in [2.75, 3.05) is 19.7 Å². The Kier molecular flexibility index (Phi) is 7.23. The van der Waals surface area contributed by atoms with Crippen molar-refractivity contribution < 1.29 is 19.1 Å². The lowest BCUT2D eigenvalue weighted by atomic mass is 9.93. The summed E-state index contributed by atoms with van der Waals surface area (Å²) in [7, 11) is 0. The summed E-state index contributed by atoms with van der Waals surface area (Å²) in [4.78, 5) is 27.1. The fourth-order valence-corrected chi connectivity index (χ4v) is 5.18. The number of carbonyl (C=O) groups excluding carboxylic acids is 2. The summed E-state index contributed by atoms with van der Waals surface area (Å²) in [5.41, 5.74) is 2.16. The van der Waals surface area contributed by atoms with Crippen molar-refractivity contribution in [3.63, 3.8) is 0 Å². The van der Waals surface area contributed by atoms with Crippen molar-refractivity contribution >= 4 is 28.7 Å². The van der Waals surface area contributed by atoms with Crippen LogP contribution in [0.4, 0.5) is 4.39 Å². The maximum absolute atomic E-state index is 14.7. The number of ketones is 1. The van der Waals surface area contributed by atoms with Crippen molar-refractivity contribution in [1.82, 2.24) is 14.7 Å². The lowest BCUT2D eigenvalue weighted by molar-refractivity contribution is -0.126. The first-order valence-electron chi connectivity index (χ1n) is 11.0. The number of benzene rings is 1. The summed E-state index contributed by atoms with van der Waals surface area (Å²) in [5.74, 6) is -0.273. The summed E-state index contributed by atoms with van der Waals surface area (Å²) in [5, 5.41) is 13.6. The number of carbonyl (C=O) groups is 2. The largest absolute Gasteiger partial charge is 0.394 e. The van der Waals surface area contributed by atoms with Crippen molar-refractivity contribution in [3.05, 3.63) is 59.2 Å². The van der Waals surface area contributed by atoms with Gasteiger partial charge >= 0.3 is 0 Å². The Morgan fingerprint density at radius 2 is 2.06 bits per heavy atom. The van der Waals surface area contributed by atoms with Gasteiger partial charge in [0.05, 0.1) is 24.9 Å². The SMILES string of the molecule is CC(=O)SC1CCN(C(C(=O)C2CC2)c2ccccc2F)C/C1=C/c1ccn(CCO)n1. The van der Waals surface area contributed by atoms with Crippen LogP contribution in [0, 0.1) is 11.7 Å². The van der Waals surface area contributed by atoms with Crippen LogP contribution in [-0.2, 0) is 16.1 Å². The highest BCUT2D eigenvalue weighted by molar-refractivity contribution is 8.14. The monoisotopic (exact) mass is 457 g/mol. The summed E-state index contributed by atoms with van der Waals surface area (Å²) >= 11 is 1.29.